The summed E-state index contributed by atoms with van der Waals surface area (Å²) in [5, 5.41) is 15.4. The summed E-state index contributed by atoms with van der Waals surface area (Å²) in [6.45, 7) is 0. The Kier molecular flexibility index (Phi) is 3.62. The molecule has 0 aliphatic carbocycles. The largest absolute Gasteiger partial charge is 0.481 e. The number of aromatic nitrogens is 2. The molecule has 6 heteroatoms. The summed E-state index contributed by atoms with van der Waals surface area (Å²) in [5.41, 5.74) is 2.00. The van der Waals surface area contributed by atoms with E-state index >= 15 is 0 Å². The SMILES string of the molecule is O=C(O)CCc1cc(-c2ccc(F)c(Cl)c2)n[nH]1. The van der Waals surface area contributed by atoms with Crippen molar-refractivity contribution in [1.82, 2.24) is 10.2 Å². The lowest BCUT2D eigenvalue weighted by atomic mass is 10.1. The Morgan fingerprint density at radius 1 is 1.44 bits per heavy atom. The van der Waals surface area contributed by atoms with E-state index in [-0.39, 0.29) is 11.4 Å². The maximum Gasteiger partial charge on any atom is 0.303 e. The fraction of sp³-hybridized carbons (Fsp3) is 0.167. The number of hydrogen-bond donors (Lipinski definition) is 2. The summed E-state index contributed by atoms with van der Waals surface area (Å²) >= 11 is 5.68. The summed E-state index contributed by atoms with van der Waals surface area (Å²) in [4.78, 5) is 10.4. The van der Waals surface area contributed by atoms with Gasteiger partial charge in [0.15, 0.2) is 0 Å². The van der Waals surface area contributed by atoms with Crippen molar-refractivity contribution in [2.24, 2.45) is 0 Å². The first-order valence-electron chi connectivity index (χ1n) is 5.28. The number of carboxylic acid groups (broad SMARTS) is 1. The third-order valence-corrected chi connectivity index (χ3v) is 2.74. The van der Waals surface area contributed by atoms with Crippen LogP contribution in [0.25, 0.3) is 11.3 Å². The molecule has 94 valence electrons. The smallest absolute Gasteiger partial charge is 0.303 e. The van der Waals surface area contributed by atoms with Crippen LogP contribution in [0.15, 0.2) is 24.3 Å². The average molecular weight is 269 g/mol. The van der Waals surface area contributed by atoms with Gasteiger partial charge in [-0.25, -0.2) is 4.39 Å². The first kappa shape index (κ1) is 12.6. The molecule has 2 rings (SSSR count). The van der Waals surface area contributed by atoms with E-state index in [0.29, 0.717) is 23.4 Å². The summed E-state index contributed by atoms with van der Waals surface area (Å²) < 4.78 is 13.0. The zero-order chi connectivity index (χ0) is 13.1. The van der Waals surface area contributed by atoms with Crippen LogP contribution in [0.1, 0.15) is 12.1 Å². The second kappa shape index (κ2) is 5.18. The van der Waals surface area contributed by atoms with Crippen LogP contribution in [0.4, 0.5) is 4.39 Å². The standard InChI is InChI=1S/C12H10ClFN2O2/c13-9-5-7(1-3-10(9)14)11-6-8(15-16-11)2-4-12(17)18/h1,3,5-6H,2,4H2,(H,15,16)(H,17,18). The molecule has 0 atom stereocenters. The van der Waals surface area contributed by atoms with Gasteiger partial charge in [-0.05, 0) is 30.7 Å². The van der Waals surface area contributed by atoms with Crippen LogP contribution in [0.2, 0.25) is 5.02 Å². The molecule has 0 saturated heterocycles. The summed E-state index contributed by atoms with van der Waals surface area (Å²) in [6.07, 6.45) is 0.406. The Hall–Kier alpha value is -1.88. The molecule has 0 amide bonds. The van der Waals surface area contributed by atoms with Gasteiger partial charge in [0.1, 0.15) is 5.82 Å². The molecule has 0 unspecified atom stereocenters. The van der Waals surface area contributed by atoms with Gasteiger partial charge in [-0.15, -0.1) is 0 Å². The van der Waals surface area contributed by atoms with E-state index in [9.17, 15) is 9.18 Å². The predicted octanol–water partition coefficient (Wildman–Crippen LogP) is 2.89. The van der Waals surface area contributed by atoms with Crippen LogP contribution in [-0.2, 0) is 11.2 Å². The zero-order valence-corrected chi connectivity index (χ0v) is 10.0. The lowest BCUT2D eigenvalue weighted by Crippen LogP contribution is -1.97. The molecule has 18 heavy (non-hydrogen) atoms. The van der Waals surface area contributed by atoms with Crippen molar-refractivity contribution in [1.29, 1.82) is 0 Å². The maximum absolute atomic E-state index is 13.0. The molecule has 0 aliphatic rings. The first-order valence-corrected chi connectivity index (χ1v) is 5.65. The number of H-pyrrole nitrogens is 1. The number of benzene rings is 1. The van der Waals surface area contributed by atoms with Crippen molar-refractivity contribution in [3.8, 4) is 11.3 Å². The zero-order valence-electron chi connectivity index (χ0n) is 9.28. The number of nitrogens with zero attached hydrogens (tertiary/aromatic N) is 1. The number of carbonyl (C=O) groups is 1. The van der Waals surface area contributed by atoms with Gasteiger partial charge in [0.2, 0.25) is 0 Å². The highest BCUT2D eigenvalue weighted by atomic mass is 35.5. The monoisotopic (exact) mass is 268 g/mol. The van der Waals surface area contributed by atoms with Crippen LogP contribution >= 0.6 is 11.6 Å². The molecule has 0 aliphatic heterocycles. The molecule has 1 aromatic heterocycles. The molecule has 4 nitrogen and oxygen atoms in total. The highest BCUT2D eigenvalue weighted by molar-refractivity contribution is 6.31. The minimum atomic E-state index is -0.865. The van der Waals surface area contributed by atoms with Gasteiger partial charge in [-0.2, -0.15) is 5.10 Å². The number of carboxylic acids is 1. The Labute approximate surface area is 107 Å². The lowest BCUT2D eigenvalue weighted by Gasteiger charge is -1.98. The summed E-state index contributed by atoms with van der Waals surface area (Å²) in [6, 6.07) is 6.04. The molecule has 0 saturated carbocycles. The second-order valence-corrected chi connectivity index (χ2v) is 4.21. The molecule has 0 fully saturated rings. The van der Waals surface area contributed by atoms with E-state index in [1.54, 1.807) is 12.1 Å². The van der Waals surface area contributed by atoms with Gasteiger partial charge in [0.05, 0.1) is 17.1 Å². The molecule has 0 radical (unpaired) electrons. The molecular formula is C12H10ClFN2O2. The Morgan fingerprint density at radius 3 is 2.89 bits per heavy atom. The van der Waals surface area contributed by atoms with E-state index in [4.69, 9.17) is 16.7 Å². The number of aliphatic carboxylic acids is 1. The fourth-order valence-electron chi connectivity index (χ4n) is 1.53. The number of aromatic amines is 1. The van der Waals surface area contributed by atoms with Crippen molar-refractivity contribution in [3.63, 3.8) is 0 Å². The van der Waals surface area contributed by atoms with E-state index in [0.717, 1.165) is 0 Å². The number of aryl methyl sites for hydroxylation is 1. The highest BCUT2D eigenvalue weighted by Gasteiger charge is 2.08. The Morgan fingerprint density at radius 2 is 2.22 bits per heavy atom. The van der Waals surface area contributed by atoms with E-state index in [1.165, 1.54) is 12.1 Å². The molecule has 0 bridgehead atoms. The van der Waals surface area contributed by atoms with Gasteiger partial charge in [0, 0.05) is 11.3 Å². The Balaban J connectivity index is 2.18. The minimum absolute atomic E-state index is 0.0302. The molecule has 2 aromatic rings. The van der Waals surface area contributed by atoms with Crippen molar-refractivity contribution < 1.29 is 14.3 Å². The van der Waals surface area contributed by atoms with Gasteiger partial charge in [-0.3, -0.25) is 9.89 Å². The van der Waals surface area contributed by atoms with Gasteiger partial charge < -0.3 is 5.11 Å². The van der Waals surface area contributed by atoms with Crippen LogP contribution in [0, 0.1) is 5.82 Å². The van der Waals surface area contributed by atoms with Crippen LogP contribution in [0.5, 0.6) is 0 Å². The van der Waals surface area contributed by atoms with Gasteiger partial charge >= 0.3 is 5.97 Å². The predicted molar refractivity (Wildman–Crippen MR) is 64.9 cm³/mol. The number of halogens is 2. The molecule has 0 spiro atoms. The fourth-order valence-corrected chi connectivity index (χ4v) is 1.72. The molecule has 1 heterocycles. The van der Waals surface area contributed by atoms with Gasteiger partial charge in [0.25, 0.3) is 0 Å². The quantitative estimate of drug-likeness (QED) is 0.896. The lowest BCUT2D eigenvalue weighted by molar-refractivity contribution is -0.136. The third kappa shape index (κ3) is 2.87. The number of nitrogens with one attached hydrogen (secondary N) is 1. The first-order chi connectivity index (χ1) is 8.56. The summed E-state index contributed by atoms with van der Waals surface area (Å²) in [7, 11) is 0. The normalized spacial score (nSPS) is 10.6. The van der Waals surface area contributed by atoms with Crippen LogP contribution in [-0.4, -0.2) is 21.3 Å². The van der Waals surface area contributed by atoms with Crippen molar-refractivity contribution in [2.45, 2.75) is 12.8 Å². The molecule has 1 aromatic carbocycles. The van der Waals surface area contributed by atoms with Crippen molar-refractivity contribution >= 4 is 17.6 Å². The molecular weight excluding hydrogens is 259 g/mol. The Bertz CT molecular complexity index is 583. The second-order valence-electron chi connectivity index (χ2n) is 3.80. The minimum Gasteiger partial charge on any atom is -0.481 e. The van der Waals surface area contributed by atoms with Gasteiger partial charge in [-0.1, -0.05) is 11.6 Å². The third-order valence-electron chi connectivity index (χ3n) is 2.45. The maximum atomic E-state index is 13.0. The average Bonchev–Trinajstić information content (AvgIpc) is 2.79. The van der Waals surface area contributed by atoms with Crippen molar-refractivity contribution in [2.75, 3.05) is 0 Å². The van der Waals surface area contributed by atoms with E-state index in [2.05, 4.69) is 10.2 Å². The van der Waals surface area contributed by atoms with Crippen LogP contribution in [0.3, 0.4) is 0 Å². The van der Waals surface area contributed by atoms with E-state index < -0.39 is 11.8 Å². The van der Waals surface area contributed by atoms with Crippen molar-refractivity contribution in [3.05, 3.63) is 40.8 Å². The van der Waals surface area contributed by atoms with Crippen LogP contribution < -0.4 is 0 Å². The number of rotatable bonds is 4. The highest BCUT2D eigenvalue weighted by Crippen LogP contribution is 2.24. The number of hydrogen-bond acceptors (Lipinski definition) is 2. The van der Waals surface area contributed by atoms with E-state index in [1.807, 2.05) is 0 Å². The molecule has 2 N–H and O–H groups in total. The summed E-state index contributed by atoms with van der Waals surface area (Å²) in [5.74, 6) is -1.35. The topological polar surface area (TPSA) is 66.0 Å².